The number of fused-ring (bicyclic) bond motifs is 1. The molecule has 33 heavy (non-hydrogen) atoms. The van der Waals surface area contributed by atoms with Crippen molar-refractivity contribution in [1.29, 1.82) is 0 Å². The number of benzene rings is 1. The van der Waals surface area contributed by atoms with Crippen molar-refractivity contribution in [1.82, 2.24) is 18.9 Å². The molecular formula is C24H18F4N4O. The second-order valence-corrected chi connectivity index (χ2v) is 7.57. The van der Waals surface area contributed by atoms with Crippen LogP contribution in [0.1, 0.15) is 29.7 Å². The Morgan fingerprint density at radius 3 is 2.67 bits per heavy atom. The molecule has 4 aromatic rings. The van der Waals surface area contributed by atoms with Gasteiger partial charge in [0.2, 0.25) is 0 Å². The van der Waals surface area contributed by atoms with E-state index >= 15 is 0 Å². The second kappa shape index (κ2) is 8.90. The first-order valence-electron chi connectivity index (χ1n) is 10.0. The molecule has 0 bridgehead atoms. The van der Waals surface area contributed by atoms with Crippen LogP contribution in [0.2, 0.25) is 0 Å². The lowest BCUT2D eigenvalue weighted by atomic mass is 10.0. The van der Waals surface area contributed by atoms with Crippen LogP contribution in [0.25, 0.3) is 16.9 Å². The third-order valence-electron chi connectivity index (χ3n) is 5.06. The molecule has 0 N–H and O–H groups in total. The molecule has 0 saturated heterocycles. The first kappa shape index (κ1) is 22.3. The van der Waals surface area contributed by atoms with Crippen LogP contribution in [0.15, 0.2) is 55.2 Å². The van der Waals surface area contributed by atoms with Crippen molar-refractivity contribution in [3.8, 4) is 23.1 Å². The Morgan fingerprint density at radius 2 is 1.94 bits per heavy atom. The predicted octanol–water partition coefficient (Wildman–Crippen LogP) is 4.73. The minimum absolute atomic E-state index is 0.201. The standard InChI is InChI=1S/C24H18F4N4O/c1-31-15-29-13-18(31)4-2-16-7-9-32-22(14-30-23(32)12-16)20-11-17(3-5-21(20)25)10-19(33)6-8-24(26,27)28/h3,5,7,9,11-15H,6,8,10H2,1H3. The molecule has 0 spiro atoms. The van der Waals surface area contributed by atoms with Crippen molar-refractivity contribution >= 4 is 11.4 Å². The molecule has 168 valence electrons. The molecule has 0 saturated carbocycles. The Labute approximate surface area is 186 Å². The Bertz CT molecular complexity index is 1390. The molecule has 0 aliphatic carbocycles. The number of hydrogen-bond donors (Lipinski definition) is 0. The molecular weight excluding hydrogens is 436 g/mol. The minimum Gasteiger partial charge on any atom is -0.327 e. The number of imidazole rings is 2. The zero-order valence-corrected chi connectivity index (χ0v) is 17.5. The van der Waals surface area contributed by atoms with Crippen LogP contribution in [0.5, 0.6) is 0 Å². The van der Waals surface area contributed by atoms with E-state index in [1.165, 1.54) is 24.4 Å². The first-order valence-corrected chi connectivity index (χ1v) is 10.0. The van der Waals surface area contributed by atoms with E-state index in [0.29, 0.717) is 22.5 Å². The minimum atomic E-state index is -4.39. The Balaban J connectivity index is 1.58. The van der Waals surface area contributed by atoms with E-state index in [1.807, 2.05) is 7.05 Å². The van der Waals surface area contributed by atoms with Gasteiger partial charge in [0.15, 0.2) is 0 Å². The van der Waals surface area contributed by atoms with E-state index in [9.17, 15) is 22.4 Å². The van der Waals surface area contributed by atoms with E-state index in [2.05, 4.69) is 21.8 Å². The van der Waals surface area contributed by atoms with Crippen molar-refractivity contribution in [2.45, 2.75) is 25.4 Å². The van der Waals surface area contributed by atoms with E-state index in [0.717, 1.165) is 5.69 Å². The van der Waals surface area contributed by atoms with Gasteiger partial charge in [-0.2, -0.15) is 13.2 Å². The molecule has 0 atom stereocenters. The number of nitrogens with zero attached hydrogens (tertiary/aromatic N) is 4. The molecule has 0 fully saturated rings. The van der Waals surface area contributed by atoms with Crippen molar-refractivity contribution < 1.29 is 22.4 Å². The van der Waals surface area contributed by atoms with E-state index in [4.69, 9.17) is 0 Å². The molecule has 3 aromatic heterocycles. The van der Waals surface area contributed by atoms with Crippen LogP contribution in [0.4, 0.5) is 17.6 Å². The maximum absolute atomic E-state index is 14.6. The lowest BCUT2D eigenvalue weighted by Gasteiger charge is -2.08. The normalized spacial score (nSPS) is 11.4. The van der Waals surface area contributed by atoms with Gasteiger partial charge in [-0.25, -0.2) is 14.4 Å². The summed E-state index contributed by atoms with van der Waals surface area (Å²) in [4.78, 5) is 20.3. The summed E-state index contributed by atoms with van der Waals surface area (Å²) in [5.41, 5.74) is 3.11. The van der Waals surface area contributed by atoms with Gasteiger partial charge in [0.25, 0.3) is 0 Å². The fourth-order valence-corrected chi connectivity index (χ4v) is 3.35. The number of halogens is 4. The van der Waals surface area contributed by atoms with Crippen LogP contribution < -0.4 is 0 Å². The number of carbonyl (C=O) groups is 1. The smallest absolute Gasteiger partial charge is 0.327 e. The highest BCUT2D eigenvalue weighted by atomic mass is 19.4. The molecule has 0 unspecified atom stereocenters. The highest BCUT2D eigenvalue weighted by molar-refractivity contribution is 5.81. The van der Waals surface area contributed by atoms with Gasteiger partial charge in [-0.05, 0) is 35.7 Å². The number of Topliss-reactive ketones (excluding diaryl/α,β-unsaturated/α-hetero) is 1. The fourth-order valence-electron chi connectivity index (χ4n) is 3.35. The summed E-state index contributed by atoms with van der Waals surface area (Å²) in [6.07, 6.45) is 0.165. The summed E-state index contributed by atoms with van der Waals surface area (Å²) in [7, 11) is 1.84. The number of aromatic nitrogens is 4. The topological polar surface area (TPSA) is 52.2 Å². The number of ketones is 1. The van der Waals surface area contributed by atoms with Crippen molar-refractivity contribution in [2.75, 3.05) is 0 Å². The highest BCUT2D eigenvalue weighted by Gasteiger charge is 2.27. The van der Waals surface area contributed by atoms with E-state index in [1.54, 1.807) is 39.8 Å². The maximum atomic E-state index is 14.6. The second-order valence-electron chi connectivity index (χ2n) is 7.57. The monoisotopic (exact) mass is 454 g/mol. The molecule has 9 heteroatoms. The lowest BCUT2D eigenvalue weighted by molar-refractivity contribution is -0.143. The van der Waals surface area contributed by atoms with Gasteiger partial charge in [0.1, 0.15) is 22.9 Å². The van der Waals surface area contributed by atoms with Crippen molar-refractivity contribution in [3.05, 3.63) is 77.9 Å². The van der Waals surface area contributed by atoms with Crippen molar-refractivity contribution in [3.63, 3.8) is 0 Å². The number of alkyl halides is 3. The van der Waals surface area contributed by atoms with Crippen LogP contribution >= 0.6 is 0 Å². The maximum Gasteiger partial charge on any atom is 0.389 e. The number of aryl methyl sites for hydroxylation is 1. The Morgan fingerprint density at radius 1 is 1.12 bits per heavy atom. The molecule has 3 heterocycles. The van der Waals surface area contributed by atoms with Gasteiger partial charge in [-0.15, -0.1) is 0 Å². The third-order valence-corrected chi connectivity index (χ3v) is 5.06. The molecule has 1 aromatic carbocycles. The summed E-state index contributed by atoms with van der Waals surface area (Å²) >= 11 is 0. The Hall–Kier alpha value is -3.93. The average Bonchev–Trinajstić information content (AvgIpc) is 3.37. The number of hydrogen-bond acceptors (Lipinski definition) is 3. The lowest BCUT2D eigenvalue weighted by Crippen LogP contribution is -2.12. The van der Waals surface area contributed by atoms with Gasteiger partial charge < -0.3 is 4.57 Å². The van der Waals surface area contributed by atoms with Crippen LogP contribution in [0, 0.1) is 17.7 Å². The summed E-state index contributed by atoms with van der Waals surface area (Å²) in [5, 5.41) is 0. The summed E-state index contributed by atoms with van der Waals surface area (Å²) in [6.45, 7) is 0. The number of rotatable bonds is 5. The van der Waals surface area contributed by atoms with E-state index < -0.39 is 30.6 Å². The predicted molar refractivity (Wildman–Crippen MR) is 114 cm³/mol. The van der Waals surface area contributed by atoms with Crippen LogP contribution in [-0.4, -0.2) is 30.9 Å². The zero-order chi connectivity index (χ0) is 23.6. The van der Waals surface area contributed by atoms with Crippen LogP contribution in [-0.2, 0) is 18.3 Å². The van der Waals surface area contributed by atoms with Crippen LogP contribution in [0.3, 0.4) is 0 Å². The van der Waals surface area contributed by atoms with E-state index in [-0.39, 0.29) is 12.0 Å². The van der Waals surface area contributed by atoms with Gasteiger partial charge in [-0.3, -0.25) is 9.20 Å². The largest absolute Gasteiger partial charge is 0.389 e. The molecule has 0 aliphatic heterocycles. The molecule has 0 radical (unpaired) electrons. The first-order chi connectivity index (χ1) is 15.7. The quantitative estimate of drug-likeness (QED) is 0.324. The highest BCUT2D eigenvalue weighted by Crippen LogP contribution is 2.27. The van der Waals surface area contributed by atoms with Gasteiger partial charge in [-0.1, -0.05) is 12.0 Å². The molecule has 4 rings (SSSR count). The third kappa shape index (κ3) is 5.29. The fraction of sp³-hybridized carbons (Fsp3) is 0.208. The van der Waals surface area contributed by atoms with Gasteiger partial charge in [0.05, 0.1) is 30.8 Å². The summed E-state index contributed by atoms with van der Waals surface area (Å²) in [5.74, 6) is 4.98. The molecule has 0 aliphatic rings. The molecule has 5 nitrogen and oxygen atoms in total. The number of carbonyl (C=O) groups excluding carboxylic acids is 1. The summed E-state index contributed by atoms with van der Waals surface area (Å²) in [6, 6.07) is 7.61. The summed E-state index contributed by atoms with van der Waals surface area (Å²) < 4.78 is 55.1. The number of pyridine rings is 1. The van der Waals surface area contributed by atoms with Gasteiger partial charge >= 0.3 is 6.18 Å². The zero-order valence-electron chi connectivity index (χ0n) is 17.5. The average molecular weight is 454 g/mol. The Kier molecular flexibility index (Phi) is 6.01. The molecule has 0 amide bonds. The van der Waals surface area contributed by atoms with Crippen molar-refractivity contribution in [2.24, 2.45) is 7.05 Å². The van der Waals surface area contributed by atoms with Gasteiger partial charge in [0, 0.05) is 37.2 Å². The SMILES string of the molecule is Cn1cncc1C#Cc1ccn2c(-c3cc(CC(=O)CCC(F)(F)F)ccc3F)cnc2c1.